The van der Waals surface area contributed by atoms with Crippen LogP contribution in [0.5, 0.6) is 0 Å². The van der Waals surface area contributed by atoms with Gasteiger partial charge in [-0.05, 0) is 34.2 Å². The van der Waals surface area contributed by atoms with Gasteiger partial charge >= 0.3 is 0 Å². The van der Waals surface area contributed by atoms with Crippen molar-refractivity contribution >= 4 is 32.4 Å². The second kappa shape index (κ2) is 3.53. The molecule has 0 N–H and O–H groups in total. The highest BCUT2D eigenvalue weighted by molar-refractivity contribution is 9.11. The molecule has 13 heavy (non-hydrogen) atoms. The highest BCUT2D eigenvalue weighted by atomic mass is 79.9. The Bertz CT molecular complexity index is 301. The van der Waals surface area contributed by atoms with Gasteiger partial charge in [0.15, 0.2) is 3.92 Å². The van der Waals surface area contributed by atoms with Crippen LogP contribution >= 0.6 is 27.3 Å². The van der Waals surface area contributed by atoms with E-state index in [9.17, 15) is 0 Å². The summed E-state index contributed by atoms with van der Waals surface area (Å²) < 4.78 is 0.859. The van der Waals surface area contributed by atoms with E-state index in [0.29, 0.717) is 0 Å². The van der Waals surface area contributed by atoms with Crippen LogP contribution in [0.15, 0.2) is 3.92 Å². The zero-order valence-corrected chi connectivity index (χ0v) is 10.1. The van der Waals surface area contributed by atoms with Crippen LogP contribution in [-0.2, 0) is 0 Å². The number of aromatic nitrogens is 2. The minimum absolute atomic E-state index is 0.859. The minimum atomic E-state index is 0.859. The molecular weight excluding hydrogens is 250 g/mol. The molecule has 1 aliphatic rings. The zero-order valence-electron chi connectivity index (χ0n) is 7.70. The van der Waals surface area contributed by atoms with Crippen LogP contribution < -0.4 is 4.90 Å². The second-order valence-electron chi connectivity index (χ2n) is 3.69. The van der Waals surface area contributed by atoms with E-state index in [4.69, 9.17) is 0 Å². The average Bonchev–Trinajstić information content (AvgIpc) is 2.62. The van der Waals surface area contributed by atoms with Crippen molar-refractivity contribution in [2.75, 3.05) is 18.5 Å². The topological polar surface area (TPSA) is 29.0 Å². The van der Waals surface area contributed by atoms with Crippen LogP contribution in [0.25, 0.3) is 0 Å². The number of hydrogen-bond donors (Lipinski definition) is 0. The summed E-state index contributed by atoms with van der Waals surface area (Å²) in [5.41, 5.74) is 0. The van der Waals surface area contributed by atoms with Crippen LogP contribution in [0.1, 0.15) is 13.3 Å². The third kappa shape index (κ3) is 2.20. The molecule has 0 spiro atoms. The van der Waals surface area contributed by atoms with E-state index in [1.807, 2.05) is 0 Å². The van der Waals surface area contributed by atoms with Gasteiger partial charge in [0.1, 0.15) is 0 Å². The highest BCUT2D eigenvalue weighted by Crippen LogP contribution is 2.39. The Morgan fingerprint density at radius 1 is 1.62 bits per heavy atom. The molecule has 0 aromatic carbocycles. The third-order valence-electron chi connectivity index (χ3n) is 2.50. The SMILES string of the molecule is CC1CC1CN(C)c1nnc(Br)s1. The molecule has 0 radical (unpaired) electrons. The third-order valence-corrected chi connectivity index (χ3v) is 3.97. The van der Waals surface area contributed by atoms with Gasteiger partial charge in [0.05, 0.1) is 0 Å². The van der Waals surface area contributed by atoms with Crippen LogP contribution in [-0.4, -0.2) is 23.8 Å². The minimum Gasteiger partial charge on any atom is -0.349 e. The van der Waals surface area contributed by atoms with Crippen molar-refractivity contribution in [2.24, 2.45) is 11.8 Å². The maximum atomic E-state index is 4.07. The van der Waals surface area contributed by atoms with E-state index in [-0.39, 0.29) is 0 Å². The Hall–Kier alpha value is -0.160. The molecule has 2 atom stereocenters. The molecule has 0 saturated heterocycles. The average molecular weight is 262 g/mol. The van der Waals surface area contributed by atoms with Gasteiger partial charge in [-0.25, -0.2) is 0 Å². The monoisotopic (exact) mass is 261 g/mol. The Kier molecular flexibility index (Phi) is 2.55. The largest absolute Gasteiger partial charge is 0.349 e. The van der Waals surface area contributed by atoms with Crippen molar-refractivity contribution in [3.05, 3.63) is 3.92 Å². The van der Waals surface area contributed by atoms with E-state index in [0.717, 1.165) is 27.4 Å². The van der Waals surface area contributed by atoms with Crippen LogP contribution in [0.2, 0.25) is 0 Å². The fourth-order valence-corrected chi connectivity index (χ4v) is 2.49. The first-order chi connectivity index (χ1) is 6.16. The first-order valence-electron chi connectivity index (χ1n) is 4.37. The molecule has 3 nitrogen and oxygen atoms in total. The van der Waals surface area contributed by atoms with Gasteiger partial charge in [-0.3, -0.25) is 0 Å². The zero-order chi connectivity index (χ0) is 9.42. The summed E-state index contributed by atoms with van der Waals surface area (Å²) in [6, 6.07) is 0. The molecule has 1 aromatic rings. The van der Waals surface area contributed by atoms with E-state index < -0.39 is 0 Å². The standard InChI is InChI=1S/C8H12BrN3S/c1-5-3-6(5)4-12(2)8-11-10-7(9)13-8/h5-6H,3-4H2,1-2H3. The summed E-state index contributed by atoms with van der Waals surface area (Å²) in [5.74, 6) is 1.77. The molecule has 0 bridgehead atoms. The van der Waals surface area contributed by atoms with E-state index in [1.54, 1.807) is 11.3 Å². The number of anilines is 1. The Labute approximate surface area is 90.3 Å². The fourth-order valence-electron chi connectivity index (χ4n) is 1.44. The normalized spacial score (nSPS) is 26.1. The first-order valence-corrected chi connectivity index (χ1v) is 5.98. The lowest BCUT2D eigenvalue weighted by Gasteiger charge is -2.13. The van der Waals surface area contributed by atoms with Gasteiger partial charge in [0.25, 0.3) is 0 Å². The van der Waals surface area contributed by atoms with Crippen LogP contribution in [0, 0.1) is 11.8 Å². The van der Waals surface area contributed by atoms with Crippen molar-refractivity contribution < 1.29 is 0 Å². The van der Waals surface area contributed by atoms with Crippen LogP contribution in [0.3, 0.4) is 0 Å². The Morgan fingerprint density at radius 2 is 2.31 bits per heavy atom. The molecule has 72 valence electrons. The molecule has 1 heterocycles. The molecule has 2 unspecified atom stereocenters. The predicted octanol–water partition coefficient (Wildman–Crippen LogP) is 2.39. The predicted molar refractivity (Wildman–Crippen MR) is 58.2 cm³/mol. The van der Waals surface area contributed by atoms with Crippen molar-refractivity contribution in [3.63, 3.8) is 0 Å². The summed E-state index contributed by atoms with van der Waals surface area (Å²) in [6.45, 7) is 3.41. The van der Waals surface area contributed by atoms with Gasteiger partial charge in [0.2, 0.25) is 5.13 Å². The van der Waals surface area contributed by atoms with Gasteiger partial charge in [0, 0.05) is 13.6 Å². The Balaban J connectivity index is 1.93. The highest BCUT2D eigenvalue weighted by Gasteiger charge is 2.33. The molecule has 2 rings (SSSR count). The Morgan fingerprint density at radius 3 is 2.77 bits per heavy atom. The smallest absolute Gasteiger partial charge is 0.208 e. The molecule has 1 aromatic heterocycles. The first kappa shape index (κ1) is 9.40. The lowest BCUT2D eigenvalue weighted by atomic mass is 10.3. The van der Waals surface area contributed by atoms with Gasteiger partial charge in [-0.1, -0.05) is 18.3 Å². The van der Waals surface area contributed by atoms with Gasteiger partial charge in [-0.2, -0.15) is 0 Å². The second-order valence-corrected chi connectivity index (χ2v) is 5.92. The summed E-state index contributed by atoms with van der Waals surface area (Å²) in [4.78, 5) is 2.19. The molecule has 0 amide bonds. The van der Waals surface area contributed by atoms with Crippen molar-refractivity contribution in [1.82, 2.24) is 10.2 Å². The quantitative estimate of drug-likeness (QED) is 0.837. The molecule has 5 heteroatoms. The number of rotatable bonds is 3. The van der Waals surface area contributed by atoms with Crippen molar-refractivity contribution in [2.45, 2.75) is 13.3 Å². The molecule has 1 saturated carbocycles. The molecule has 1 aliphatic carbocycles. The number of hydrogen-bond acceptors (Lipinski definition) is 4. The molecule has 1 fully saturated rings. The van der Waals surface area contributed by atoms with E-state index in [2.05, 4.69) is 45.0 Å². The summed E-state index contributed by atoms with van der Waals surface area (Å²) in [7, 11) is 2.08. The lowest BCUT2D eigenvalue weighted by molar-refractivity contribution is 0.721. The molecular formula is C8H12BrN3S. The van der Waals surface area contributed by atoms with Crippen molar-refractivity contribution in [1.29, 1.82) is 0 Å². The van der Waals surface area contributed by atoms with Crippen LogP contribution in [0.4, 0.5) is 5.13 Å². The van der Waals surface area contributed by atoms with Gasteiger partial charge < -0.3 is 4.90 Å². The number of nitrogens with zero attached hydrogens (tertiary/aromatic N) is 3. The van der Waals surface area contributed by atoms with Gasteiger partial charge in [-0.15, -0.1) is 10.2 Å². The maximum absolute atomic E-state index is 4.07. The maximum Gasteiger partial charge on any atom is 0.208 e. The summed E-state index contributed by atoms with van der Waals surface area (Å²) in [5, 5.41) is 9.00. The van der Waals surface area contributed by atoms with Crippen molar-refractivity contribution in [3.8, 4) is 0 Å². The molecule has 0 aliphatic heterocycles. The fraction of sp³-hybridized carbons (Fsp3) is 0.750. The number of halogens is 1. The summed E-state index contributed by atoms with van der Waals surface area (Å²) >= 11 is 4.90. The van der Waals surface area contributed by atoms with E-state index >= 15 is 0 Å². The lowest BCUT2D eigenvalue weighted by Crippen LogP contribution is -2.20. The summed E-state index contributed by atoms with van der Waals surface area (Å²) in [6.07, 6.45) is 1.37. The van der Waals surface area contributed by atoms with E-state index in [1.165, 1.54) is 6.42 Å².